The smallest absolute Gasteiger partial charge is 0.229 e. The number of rotatable bonds is 7. The molecule has 0 aliphatic rings. The number of hydrogen-bond donors (Lipinski definition) is 3. The van der Waals surface area contributed by atoms with Gasteiger partial charge in [0.2, 0.25) is 17.8 Å². The molecule has 0 aliphatic carbocycles. The molecule has 2 rings (SSSR count). The minimum atomic E-state index is 0.526. The lowest BCUT2D eigenvalue weighted by atomic mass is 10.3. The summed E-state index contributed by atoms with van der Waals surface area (Å²) in [4.78, 5) is 17.1. The Labute approximate surface area is 118 Å². The zero-order chi connectivity index (χ0) is 14.2. The molecule has 7 nitrogen and oxygen atoms in total. The first kappa shape index (κ1) is 14.0. The van der Waals surface area contributed by atoms with Crippen LogP contribution in [0.25, 0.3) is 0 Å². The second-order valence-electron chi connectivity index (χ2n) is 4.04. The molecular formula is C13H19N7. The first-order valence-corrected chi connectivity index (χ1v) is 6.69. The Bertz CT molecular complexity index is 505. The summed E-state index contributed by atoms with van der Waals surface area (Å²) in [6, 6.07) is 5.79. The Morgan fingerprint density at radius 3 is 1.95 bits per heavy atom. The highest BCUT2D eigenvalue weighted by Crippen LogP contribution is 2.09. The van der Waals surface area contributed by atoms with Crippen molar-refractivity contribution in [1.82, 2.24) is 19.9 Å². The maximum absolute atomic E-state index is 4.31. The molecule has 0 amide bonds. The summed E-state index contributed by atoms with van der Waals surface area (Å²) in [5.74, 6) is 1.64. The minimum Gasteiger partial charge on any atom is -0.354 e. The molecule has 2 heterocycles. The predicted molar refractivity (Wildman–Crippen MR) is 79.7 cm³/mol. The van der Waals surface area contributed by atoms with Crippen molar-refractivity contribution in [3.05, 3.63) is 30.1 Å². The summed E-state index contributed by atoms with van der Waals surface area (Å²) in [7, 11) is 0. The van der Waals surface area contributed by atoms with E-state index in [1.54, 1.807) is 6.20 Å². The number of hydrogen-bond acceptors (Lipinski definition) is 7. The van der Waals surface area contributed by atoms with Crippen LogP contribution in [0.4, 0.5) is 17.8 Å². The molecule has 0 unspecified atom stereocenters. The van der Waals surface area contributed by atoms with Crippen molar-refractivity contribution < 1.29 is 0 Å². The molecule has 0 radical (unpaired) electrons. The molecule has 106 valence electrons. The maximum Gasteiger partial charge on any atom is 0.229 e. The van der Waals surface area contributed by atoms with Crippen LogP contribution in [0.5, 0.6) is 0 Å². The predicted octanol–water partition coefficient (Wildman–Crippen LogP) is 1.74. The van der Waals surface area contributed by atoms with Crippen molar-refractivity contribution in [3.63, 3.8) is 0 Å². The number of pyridine rings is 1. The van der Waals surface area contributed by atoms with Gasteiger partial charge < -0.3 is 16.0 Å². The van der Waals surface area contributed by atoms with Gasteiger partial charge in [-0.3, -0.25) is 4.98 Å². The van der Waals surface area contributed by atoms with Crippen LogP contribution in [0.3, 0.4) is 0 Å². The van der Waals surface area contributed by atoms with Crippen LogP contribution >= 0.6 is 0 Å². The molecular weight excluding hydrogens is 254 g/mol. The summed E-state index contributed by atoms with van der Waals surface area (Å²) in [6.45, 7) is 6.09. The van der Waals surface area contributed by atoms with Crippen molar-refractivity contribution in [2.75, 3.05) is 29.0 Å². The zero-order valence-electron chi connectivity index (χ0n) is 11.7. The van der Waals surface area contributed by atoms with E-state index in [1.165, 1.54) is 0 Å². The SMILES string of the molecule is CCNc1nc(NCC)nc(NCc2ccccn2)n1. The van der Waals surface area contributed by atoms with E-state index in [0.717, 1.165) is 18.8 Å². The summed E-state index contributed by atoms with van der Waals surface area (Å²) < 4.78 is 0. The maximum atomic E-state index is 4.31. The quantitative estimate of drug-likeness (QED) is 0.708. The van der Waals surface area contributed by atoms with Crippen molar-refractivity contribution in [1.29, 1.82) is 0 Å². The van der Waals surface area contributed by atoms with Gasteiger partial charge in [0.1, 0.15) is 0 Å². The largest absolute Gasteiger partial charge is 0.354 e. The zero-order valence-corrected chi connectivity index (χ0v) is 11.7. The molecule has 0 saturated carbocycles. The van der Waals surface area contributed by atoms with Crippen LogP contribution in [-0.4, -0.2) is 33.0 Å². The van der Waals surface area contributed by atoms with E-state index in [9.17, 15) is 0 Å². The topological polar surface area (TPSA) is 87.7 Å². The molecule has 20 heavy (non-hydrogen) atoms. The summed E-state index contributed by atoms with van der Waals surface area (Å²) in [5, 5.41) is 9.33. The van der Waals surface area contributed by atoms with E-state index < -0.39 is 0 Å². The Balaban J connectivity index is 2.09. The normalized spacial score (nSPS) is 10.1. The van der Waals surface area contributed by atoms with Crippen LogP contribution in [-0.2, 0) is 6.54 Å². The van der Waals surface area contributed by atoms with Crippen LogP contribution < -0.4 is 16.0 Å². The number of nitrogens with zero attached hydrogens (tertiary/aromatic N) is 4. The highest BCUT2D eigenvalue weighted by atomic mass is 15.3. The van der Waals surface area contributed by atoms with Gasteiger partial charge in [0.25, 0.3) is 0 Å². The Kier molecular flexibility index (Phi) is 5.05. The van der Waals surface area contributed by atoms with Gasteiger partial charge >= 0.3 is 0 Å². The van der Waals surface area contributed by atoms with Gasteiger partial charge in [-0.2, -0.15) is 15.0 Å². The van der Waals surface area contributed by atoms with Crippen LogP contribution in [0.2, 0.25) is 0 Å². The van der Waals surface area contributed by atoms with Crippen LogP contribution in [0, 0.1) is 0 Å². The first-order valence-electron chi connectivity index (χ1n) is 6.69. The van der Waals surface area contributed by atoms with Crippen molar-refractivity contribution in [3.8, 4) is 0 Å². The molecule has 0 fully saturated rings. The summed E-state index contributed by atoms with van der Waals surface area (Å²) in [6.07, 6.45) is 1.76. The third-order valence-corrected chi connectivity index (χ3v) is 2.46. The van der Waals surface area contributed by atoms with Crippen molar-refractivity contribution in [2.24, 2.45) is 0 Å². The molecule has 7 heteroatoms. The molecule has 0 aromatic carbocycles. The molecule has 2 aromatic rings. The molecule has 0 spiro atoms. The Hall–Kier alpha value is -2.44. The molecule has 0 bridgehead atoms. The van der Waals surface area contributed by atoms with Crippen LogP contribution in [0.1, 0.15) is 19.5 Å². The van der Waals surface area contributed by atoms with E-state index >= 15 is 0 Å². The summed E-state index contributed by atoms with van der Waals surface area (Å²) >= 11 is 0. The lowest BCUT2D eigenvalue weighted by Gasteiger charge is -2.09. The molecule has 0 aliphatic heterocycles. The highest BCUT2D eigenvalue weighted by molar-refractivity contribution is 5.42. The van der Waals surface area contributed by atoms with Crippen molar-refractivity contribution in [2.45, 2.75) is 20.4 Å². The van der Waals surface area contributed by atoms with E-state index in [4.69, 9.17) is 0 Å². The Morgan fingerprint density at radius 2 is 1.45 bits per heavy atom. The van der Waals surface area contributed by atoms with E-state index in [1.807, 2.05) is 32.0 Å². The molecule has 0 atom stereocenters. The van der Waals surface area contributed by atoms with Crippen molar-refractivity contribution >= 4 is 17.8 Å². The number of nitrogens with one attached hydrogen (secondary N) is 3. The fourth-order valence-electron chi connectivity index (χ4n) is 1.60. The monoisotopic (exact) mass is 273 g/mol. The van der Waals surface area contributed by atoms with Gasteiger partial charge in [-0.1, -0.05) is 6.07 Å². The fourth-order valence-corrected chi connectivity index (χ4v) is 1.60. The van der Waals surface area contributed by atoms with E-state index in [-0.39, 0.29) is 0 Å². The molecule has 0 saturated heterocycles. The highest BCUT2D eigenvalue weighted by Gasteiger charge is 2.05. The van der Waals surface area contributed by atoms with Gasteiger partial charge in [0.05, 0.1) is 12.2 Å². The third kappa shape index (κ3) is 4.04. The fraction of sp³-hybridized carbons (Fsp3) is 0.385. The Morgan fingerprint density at radius 1 is 0.850 bits per heavy atom. The molecule has 2 aromatic heterocycles. The molecule has 3 N–H and O–H groups in total. The minimum absolute atomic E-state index is 0.526. The van der Waals surface area contributed by atoms with Gasteiger partial charge in [-0.05, 0) is 26.0 Å². The lowest BCUT2D eigenvalue weighted by Crippen LogP contribution is -2.12. The first-order chi connectivity index (χ1) is 9.81. The average molecular weight is 273 g/mol. The van der Waals surface area contributed by atoms with E-state index in [0.29, 0.717) is 24.4 Å². The van der Waals surface area contributed by atoms with Crippen LogP contribution in [0.15, 0.2) is 24.4 Å². The standard InChI is InChI=1S/C13H19N7/c1-3-14-11-18-12(15-4-2)20-13(19-11)17-9-10-7-5-6-8-16-10/h5-8H,3-4,9H2,1-2H3,(H3,14,15,17,18,19,20). The van der Waals surface area contributed by atoms with Gasteiger partial charge in [0.15, 0.2) is 0 Å². The van der Waals surface area contributed by atoms with Gasteiger partial charge in [-0.25, -0.2) is 0 Å². The van der Waals surface area contributed by atoms with E-state index in [2.05, 4.69) is 35.9 Å². The second-order valence-corrected chi connectivity index (χ2v) is 4.04. The summed E-state index contributed by atoms with van der Waals surface area (Å²) in [5.41, 5.74) is 0.933. The van der Waals surface area contributed by atoms with Gasteiger partial charge in [-0.15, -0.1) is 0 Å². The average Bonchev–Trinajstić information content (AvgIpc) is 2.47. The lowest BCUT2D eigenvalue weighted by molar-refractivity contribution is 0.959. The number of aromatic nitrogens is 4. The number of anilines is 3. The third-order valence-electron chi connectivity index (χ3n) is 2.46. The van der Waals surface area contributed by atoms with Gasteiger partial charge in [0, 0.05) is 19.3 Å². The second kappa shape index (κ2) is 7.22.